The highest BCUT2D eigenvalue weighted by Gasteiger charge is 2.21. The van der Waals surface area contributed by atoms with Crippen LogP contribution in [0, 0.1) is 13.8 Å². The molecule has 23 heavy (non-hydrogen) atoms. The average molecular weight is 306 g/mol. The van der Waals surface area contributed by atoms with E-state index in [0.717, 1.165) is 16.9 Å². The molecule has 3 nitrogen and oxygen atoms in total. The molecular formula is C20H22N2O. The molecule has 0 aliphatic carbocycles. The quantitative estimate of drug-likeness (QED) is 0.740. The maximum absolute atomic E-state index is 10.7. The van der Waals surface area contributed by atoms with Gasteiger partial charge in [0.05, 0.1) is 11.4 Å². The third-order valence-electron chi connectivity index (χ3n) is 4.05. The molecule has 2 aromatic carbocycles. The van der Waals surface area contributed by atoms with E-state index in [2.05, 4.69) is 32.9 Å². The minimum atomic E-state index is 0.169. The van der Waals surface area contributed by atoms with Crippen molar-refractivity contribution in [2.45, 2.75) is 33.6 Å². The third-order valence-corrected chi connectivity index (χ3v) is 4.05. The molecule has 0 saturated carbocycles. The summed E-state index contributed by atoms with van der Waals surface area (Å²) in [6.07, 6.45) is 0. The third kappa shape index (κ3) is 2.87. The number of benzene rings is 2. The second kappa shape index (κ2) is 5.92. The van der Waals surface area contributed by atoms with Gasteiger partial charge in [-0.15, -0.1) is 0 Å². The summed E-state index contributed by atoms with van der Waals surface area (Å²) in [5, 5.41) is 15.4. The van der Waals surface area contributed by atoms with Crippen molar-refractivity contribution < 1.29 is 5.11 Å². The first kappa shape index (κ1) is 15.3. The summed E-state index contributed by atoms with van der Waals surface area (Å²) in [4.78, 5) is 0. The highest BCUT2D eigenvalue weighted by atomic mass is 16.3. The van der Waals surface area contributed by atoms with Gasteiger partial charge < -0.3 is 5.11 Å². The Morgan fingerprint density at radius 2 is 1.39 bits per heavy atom. The molecule has 0 radical (unpaired) electrons. The fraction of sp³-hybridized carbons (Fsp3) is 0.250. The topological polar surface area (TPSA) is 38.0 Å². The largest absolute Gasteiger partial charge is 0.504 e. The number of rotatable bonds is 3. The van der Waals surface area contributed by atoms with E-state index in [1.807, 2.05) is 48.0 Å². The Bertz CT molecular complexity index is 812. The molecule has 0 bridgehead atoms. The van der Waals surface area contributed by atoms with Gasteiger partial charge in [0.25, 0.3) is 0 Å². The van der Waals surface area contributed by atoms with Gasteiger partial charge in [0.2, 0.25) is 0 Å². The summed E-state index contributed by atoms with van der Waals surface area (Å²) in [5.74, 6) is 0.437. The highest BCUT2D eigenvalue weighted by molar-refractivity contribution is 5.68. The van der Waals surface area contributed by atoms with Gasteiger partial charge in [-0.05, 0) is 31.9 Å². The molecule has 0 unspecified atom stereocenters. The molecule has 0 aliphatic rings. The smallest absolute Gasteiger partial charge is 0.165 e. The molecule has 1 aromatic heterocycles. The van der Waals surface area contributed by atoms with Crippen LogP contribution in [0.15, 0.2) is 48.5 Å². The van der Waals surface area contributed by atoms with Crippen molar-refractivity contribution in [3.05, 3.63) is 65.4 Å². The molecule has 1 N–H and O–H groups in total. The monoisotopic (exact) mass is 306 g/mol. The van der Waals surface area contributed by atoms with Crippen molar-refractivity contribution in [2.75, 3.05) is 0 Å². The van der Waals surface area contributed by atoms with Gasteiger partial charge in [-0.2, -0.15) is 5.10 Å². The Morgan fingerprint density at radius 3 is 1.91 bits per heavy atom. The van der Waals surface area contributed by atoms with Crippen molar-refractivity contribution in [3.63, 3.8) is 0 Å². The summed E-state index contributed by atoms with van der Waals surface area (Å²) >= 11 is 0. The van der Waals surface area contributed by atoms with Crippen molar-refractivity contribution in [1.82, 2.24) is 9.78 Å². The van der Waals surface area contributed by atoms with Gasteiger partial charge in [0.15, 0.2) is 5.75 Å². The van der Waals surface area contributed by atoms with E-state index in [1.54, 1.807) is 0 Å². The van der Waals surface area contributed by atoms with Crippen LogP contribution in [-0.2, 0) is 0 Å². The Morgan fingerprint density at radius 1 is 0.870 bits per heavy atom. The van der Waals surface area contributed by atoms with E-state index in [4.69, 9.17) is 5.10 Å². The summed E-state index contributed by atoms with van der Waals surface area (Å²) in [5.41, 5.74) is 5.76. The standard InChI is InChI=1S/C20H22N2O/c1-13(2)19-20(23)18(16-9-5-14(3)6-10-16)21-22(19)17-11-7-15(4)8-12-17/h5-13,23H,1-4H3. The Hall–Kier alpha value is -2.55. The zero-order chi connectivity index (χ0) is 16.6. The van der Waals surface area contributed by atoms with Crippen molar-refractivity contribution in [3.8, 4) is 22.7 Å². The normalized spacial score (nSPS) is 11.2. The van der Waals surface area contributed by atoms with E-state index >= 15 is 0 Å². The molecule has 0 spiro atoms. The van der Waals surface area contributed by atoms with Gasteiger partial charge in [0.1, 0.15) is 5.69 Å². The van der Waals surface area contributed by atoms with E-state index in [-0.39, 0.29) is 11.7 Å². The summed E-state index contributed by atoms with van der Waals surface area (Å²) < 4.78 is 1.86. The van der Waals surface area contributed by atoms with Gasteiger partial charge in [-0.25, -0.2) is 4.68 Å². The van der Waals surface area contributed by atoms with Crippen LogP contribution < -0.4 is 0 Å². The molecule has 0 saturated heterocycles. The molecule has 3 heteroatoms. The number of hydrogen-bond donors (Lipinski definition) is 1. The zero-order valence-corrected chi connectivity index (χ0v) is 14.0. The Kier molecular flexibility index (Phi) is 3.95. The van der Waals surface area contributed by atoms with Crippen LogP contribution in [0.5, 0.6) is 5.75 Å². The minimum Gasteiger partial charge on any atom is -0.504 e. The Balaban J connectivity index is 2.18. The van der Waals surface area contributed by atoms with Crippen molar-refractivity contribution in [1.29, 1.82) is 0 Å². The lowest BCUT2D eigenvalue weighted by molar-refractivity contribution is 0.464. The first-order valence-corrected chi connectivity index (χ1v) is 7.93. The SMILES string of the molecule is Cc1ccc(-c2nn(-c3ccc(C)cc3)c(C(C)C)c2O)cc1. The highest BCUT2D eigenvalue weighted by Crippen LogP contribution is 2.37. The Labute approximate surface area is 137 Å². The molecule has 3 rings (SSSR count). The van der Waals surface area contributed by atoms with Gasteiger partial charge in [-0.3, -0.25) is 0 Å². The predicted molar refractivity (Wildman–Crippen MR) is 94.2 cm³/mol. The van der Waals surface area contributed by atoms with Crippen LogP contribution in [-0.4, -0.2) is 14.9 Å². The van der Waals surface area contributed by atoms with Crippen LogP contribution >= 0.6 is 0 Å². The minimum absolute atomic E-state index is 0.169. The molecule has 0 aliphatic heterocycles. The summed E-state index contributed by atoms with van der Waals surface area (Å²) in [7, 11) is 0. The molecule has 3 aromatic rings. The predicted octanol–water partition coefficient (Wildman–Crippen LogP) is 4.99. The van der Waals surface area contributed by atoms with E-state index in [9.17, 15) is 5.11 Å². The molecule has 118 valence electrons. The van der Waals surface area contributed by atoms with E-state index < -0.39 is 0 Å². The van der Waals surface area contributed by atoms with Gasteiger partial charge in [-0.1, -0.05) is 61.4 Å². The van der Waals surface area contributed by atoms with Gasteiger partial charge >= 0.3 is 0 Å². The lowest BCUT2D eigenvalue weighted by atomic mass is 10.1. The van der Waals surface area contributed by atoms with Gasteiger partial charge in [0, 0.05) is 5.56 Å². The van der Waals surface area contributed by atoms with Crippen LogP contribution in [0.1, 0.15) is 36.6 Å². The maximum Gasteiger partial charge on any atom is 0.165 e. The lowest BCUT2D eigenvalue weighted by Gasteiger charge is -2.10. The zero-order valence-electron chi connectivity index (χ0n) is 14.0. The molecule has 0 atom stereocenters. The first-order chi connectivity index (χ1) is 11.0. The summed E-state index contributed by atoms with van der Waals surface area (Å²) in [6, 6.07) is 16.3. The summed E-state index contributed by atoms with van der Waals surface area (Å²) in [6.45, 7) is 8.25. The number of aromatic nitrogens is 2. The fourth-order valence-corrected chi connectivity index (χ4v) is 2.73. The van der Waals surface area contributed by atoms with Crippen LogP contribution in [0.3, 0.4) is 0 Å². The lowest BCUT2D eigenvalue weighted by Crippen LogP contribution is -2.03. The first-order valence-electron chi connectivity index (χ1n) is 7.93. The average Bonchev–Trinajstić information content (AvgIpc) is 2.86. The second-order valence-electron chi connectivity index (χ2n) is 6.35. The molecule has 1 heterocycles. The number of nitrogens with zero attached hydrogens (tertiary/aromatic N) is 2. The number of aromatic hydroxyl groups is 1. The fourth-order valence-electron chi connectivity index (χ4n) is 2.73. The van der Waals surface area contributed by atoms with E-state index in [1.165, 1.54) is 11.1 Å². The molecule has 0 fully saturated rings. The molecule has 0 amide bonds. The van der Waals surface area contributed by atoms with Crippen LogP contribution in [0.25, 0.3) is 16.9 Å². The number of aryl methyl sites for hydroxylation is 2. The molecular weight excluding hydrogens is 284 g/mol. The van der Waals surface area contributed by atoms with Crippen molar-refractivity contribution in [2.24, 2.45) is 0 Å². The maximum atomic E-state index is 10.7. The second-order valence-corrected chi connectivity index (χ2v) is 6.35. The van der Waals surface area contributed by atoms with Crippen LogP contribution in [0.2, 0.25) is 0 Å². The van der Waals surface area contributed by atoms with E-state index in [0.29, 0.717) is 5.69 Å². The number of hydrogen-bond acceptors (Lipinski definition) is 2. The van der Waals surface area contributed by atoms with Crippen LogP contribution in [0.4, 0.5) is 0 Å². The van der Waals surface area contributed by atoms with Crippen molar-refractivity contribution >= 4 is 0 Å².